The highest BCUT2D eigenvalue weighted by Crippen LogP contribution is 1.91. The average molecular weight is 249 g/mol. The Bertz CT molecular complexity index is 189. The quantitative estimate of drug-likeness (QED) is 0.478. The van der Waals surface area contributed by atoms with Gasteiger partial charge in [-0.3, -0.25) is 4.79 Å². The highest BCUT2D eigenvalue weighted by molar-refractivity contribution is 5.73. The summed E-state index contributed by atoms with van der Waals surface area (Å²) in [4.78, 5) is 10.7. The van der Waals surface area contributed by atoms with Crippen LogP contribution in [-0.2, 0) is 19.0 Å². The first-order valence-electron chi connectivity index (χ1n) is 5.74. The number of methoxy groups -OCH3 is 2. The normalized spacial score (nSPS) is 12.6. The van der Waals surface area contributed by atoms with E-state index in [1.165, 1.54) is 7.11 Å². The van der Waals surface area contributed by atoms with Crippen LogP contribution in [0.2, 0.25) is 0 Å². The molecule has 0 aromatic carbocycles. The molecule has 0 spiro atoms. The highest BCUT2D eigenvalue weighted by Gasteiger charge is 2.15. The minimum atomic E-state index is -0.886. The summed E-state index contributed by atoms with van der Waals surface area (Å²) in [6.07, 6.45) is 1.77. The molecule has 6 heteroatoms. The lowest BCUT2D eigenvalue weighted by Gasteiger charge is -2.13. The van der Waals surface area contributed by atoms with Crippen LogP contribution >= 0.6 is 0 Å². The molecule has 2 N–H and O–H groups in total. The number of ether oxygens (including phenoxy) is 3. The average Bonchev–Trinajstić information content (AvgIpc) is 2.31. The van der Waals surface area contributed by atoms with E-state index in [9.17, 15) is 4.79 Å². The second-order valence-corrected chi connectivity index (χ2v) is 3.61. The fourth-order valence-electron chi connectivity index (χ4n) is 1.23. The number of hydrogen-bond donors (Lipinski definition) is 2. The van der Waals surface area contributed by atoms with E-state index in [0.29, 0.717) is 26.4 Å². The van der Waals surface area contributed by atoms with Gasteiger partial charge in [0.2, 0.25) is 0 Å². The molecule has 0 aromatic rings. The Balaban J connectivity index is 3.33. The second kappa shape index (κ2) is 11.8. The number of carboxylic acids is 1. The van der Waals surface area contributed by atoms with Crippen molar-refractivity contribution in [2.45, 2.75) is 18.9 Å². The van der Waals surface area contributed by atoms with E-state index < -0.39 is 12.0 Å². The van der Waals surface area contributed by atoms with Gasteiger partial charge >= 0.3 is 5.97 Å². The van der Waals surface area contributed by atoms with Crippen LogP contribution in [0, 0.1) is 0 Å². The van der Waals surface area contributed by atoms with E-state index in [0.717, 1.165) is 12.8 Å². The summed E-state index contributed by atoms with van der Waals surface area (Å²) in [5, 5.41) is 11.7. The van der Waals surface area contributed by atoms with Gasteiger partial charge in [-0.2, -0.15) is 0 Å². The molecule has 0 aliphatic rings. The smallest absolute Gasteiger partial charge is 0.323 e. The van der Waals surface area contributed by atoms with Crippen LogP contribution in [0.3, 0.4) is 0 Å². The van der Waals surface area contributed by atoms with Crippen LogP contribution in [0.1, 0.15) is 12.8 Å². The van der Waals surface area contributed by atoms with Crippen LogP contribution in [0.15, 0.2) is 0 Å². The molecule has 1 atom stereocenters. The largest absolute Gasteiger partial charge is 0.480 e. The van der Waals surface area contributed by atoms with Crippen molar-refractivity contribution in [3.8, 4) is 0 Å². The van der Waals surface area contributed by atoms with E-state index in [2.05, 4.69) is 5.32 Å². The van der Waals surface area contributed by atoms with Gasteiger partial charge in [0, 0.05) is 20.8 Å². The number of unbranched alkanes of at least 4 members (excludes halogenated alkanes) is 1. The summed E-state index contributed by atoms with van der Waals surface area (Å²) in [6.45, 7) is 2.71. The second-order valence-electron chi connectivity index (χ2n) is 3.61. The summed E-state index contributed by atoms with van der Waals surface area (Å²) < 4.78 is 14.9. The zero-order valence-electron chi connectivity index (χ0n) is 10.6. The molecule has 6 nitrogen and oxygen atoms in total. The highest BCUT2D eigenvalue weighted by atomic mass is 16.5. The third-order valence-electron chi connectivity index (χ3n) is 2.17. The van der Waals surface area contributed by atoms with Gasteiger partial charge in [-0.1, -0.05) is 0 Å². The molecule has 0 fully saturated rings. The Kier molecular flexibility index (Phi) is 11.3. The van der Waals surface area contributed by atoms with Crippen molar-refractivity contribution in [2.24, 2.45) is 0 Å². The fraction of sp³-hybridized carbons (Fsp3) is 0.909. The molecule has 1 unspecified atom stereocenters. The van der Waals surface area contributed by atoms with E-state index in [1.807, 2.05) is 0 Å². The fourth-order valence-corrected chi connectivity index (χ4v) is 1.23. The number of nitrogens with one attached hydrogen (secondary N) is 1. The van der Waals surface area contributed by atoms with Crippen molar-refractivity contribution in [3.63, 3.8) is 0 Å². The summed E-state index contributed by atoms with van der Waals surface area (Å²) in [5.74, 6) is -0.886. The lowest BCUT2D eigenvalue weighted by atomic mass is 10.2. The number of rotatable bonds is 12. The summed E-state index contributed by atoms with van der Waals surface area (Å²) in [7, 11) is 3.12. The maximum absolute atomic E-state index is 10.7. The van der Waals surface area contributed by atoms with Crippen molar-refractivity contribution in [1.29, 1.82) is 0 Å². The van der Waals surface area contributed by atoms with Crippen molar-refractivity contribution < 1.29 is 24.1 Å². The van der Waals surface area contributed by atoms with E-state index in [4.69, 9.17) is 19.3 Å². The molecule has 0 saturated carbocycles. The van der Waals surface area contributed by atoms with Gasteiger partial charge in [-0.05, 0) is 19.4 Å². The van der Waals surface area contributed by atoms with Crippen LogP contribution < -0.4 is 5.32 Å². The Labute approximate surface area is 102 Å². The molecule has 0 saturated heterocycles. The summed E-state index contributed by atoms with van der Waals surface area (Å²) >= 11 is 0. The third kappa shape index (κ3) is 10.2. The van der Waals surface area contributed by atoms with Gasteiger partial charge in [0.15, 0.2) is 0 Å². The standard InChI is InChI=1S/C11H23NO5/c1-15-7-8-17-6-4-3-5-12-10(9-16-2)11(13)14/h10,12H,3-9H2,1-2H3,(H,13,14). The minimum absolute atomic E-state index is 0.180. The van der Waals surface area contributed by atoms with Gasteiger partial charge in [0.25, 0.3) is 0 Å². The van der Waals surface area contributed by atoms with Crippen LogP contribution in [0.5, 0.6) is 0 Å². The first-order valence-corrected chi connectivity index (χ1v) is 5.74. The van der Waals surface area contributed by atoms with Gasteiger partial charge in [-0.25, -0.2) is 0 Å². The van der Waals surface area contributed by atoms with E-state index in [-0.39, 0.29) is 6.61 Å². The van der Waals surface area contributed by atoms with Crippen LogP contribution in [0.4, 0.5) is 0 Å². The SMILES string of the molecule is COCCOCCCCNC(COC)C(=O)O. The van der Waals surface area contributed by atoms with Gasteiger partial charge < -0.3 is 24.6 Å². The monoisotopic (exact) mass is 249 g/mol. The zero-order valence-corrected chi connectivity index (χ0v) is 10.6. The minimum Gasteiger partial charge on any atom is -0.480 e. The topological polar surface area (TPSA) is 77.0 Å². The maximum atomic E-state index is 10.7. The van der Waals surface area contributed by atoms with Gasteiger partial charge in [-0.15, -0.1) is 0 Å². The summed E-state index contributed by atoms with van der Waals surface area (Å²) in [6, 6.07) is -0.630. The van der Waals surface area contributed by atoms with E-state index >= 15 is 0 Å². The lowest BCUT2D eigenvalue weighted by Crippen LogP contribution is -2.40. The third-order valence-corrected chi connectivity index (χ3v) is 2.17. The molecule has 102 valence electrons. The molecule has 0 radical (unpaired) electrons. The molecule has 0 rings (SSSR count). The molecule has 0 heterocycles. The molecular formula is C11H23NO5. The number of hydrogen-bond acceptors (Lipinski definition) is 5. The predicted octanol–water partition coefficient (Wildman–Crippen LogP) is 0.119. The Hall–Kier alpha value is -0.690. The van der Waals surface area contributed by atoms with Crippen LogP contribution in [-0.4, -0.2) is 64.3 Å². The molecule has 0 aromatic heterocycles. The maximum Gasteiger partial charge on any atom is 0.323 e. The molecule has 17 heavy (non-hydrogen) atoms. The number of carbonyl (C=O) groups is 1. The lowest BCUT2D eigenvalue weighted by molar-refractivity contribution is -0.140. The van der Waals surface area contributed by atoms with Crippen molar-refractivity contribution in [2.75, 3.05) is 47.2 Å². The van der Waals surface area contributed by atoms with Crippen LogP contribution in [0.25, 0.3) is 0 Å². The molecule has 0 aliphatic heterocycles. The first kappa shape index (κ1) is 16.3. The van der Waals surface area contributed by atoms with E-state index in [1.54, 1.807) is 7.11 Å². The molecule has 0 bridgehead atoms. The van der Waals surface area contributed by atoms with Crippen molar-refractivity contribution in [1.82, 2.24) is 5.32 Å². The molecule has 0 amide bonds. The van der Waals surface area contributed by atoms with Crippen molar-refractivity contribution in [3.05, 3.63) is 0 Å². The van der Waals surface area contributed by atoms with Gasteiger partial charge in [0.1, 0.15) is 6.04 Å². The summed E-state index contributed by atoms with van der Waals surface area (Å²) in [5.41, 5.74) is 0. The molecule has 0 aliphatic carbocycles. The zero-order chi connectivity index (χ0) is 12.9. The number of aliphatic carboxylic acids is 1. The first-order chi connectivity index (χ1) is 8.22. The van der Waals surface area contributed by atoms with Gasteiger partial charge in [0.05, 0.1) is 19.8 Å². The predicted molar refractivity (Wildman–Crippen MR) is 63.2 cm³/mol. The van der Waals surface area contributed by atoms with Crippen molar-refractivity contribution >= 4 is 5.97 Å². The Morgan fingerprint density at radius 3 is 2.53 bits per heavy atom. The Morgan fingerprint density at radius 1 is 1.18 bits per heavy atom. The molecular weight excluding hydrogens is 226 g/mol. The Morgan fingerprint density at radius 2 is 1.94 bits per heavy atom. The number of carboxylic acid groups (broad SMARTS) is 1.